The predicted molar refractivity (Wildman–Crippen MR) is 171 cm³/mol. The third kappa shape index (κ3) is 11.8. The lowest BCUT2D eigenvalue weighted by Crippen LogP contribution is -2.58. The van der Waals surface area contributed by atoms with Gasteiger partial charge in [-0.3, -0.25) is 34.2 Å². The Morgan fingerprint density at radius 2 is 1.38 bits per heavy atom. The summed E-state index contributed by atoms with van der Waals surface area (Å²) in [6, 6.07) is 16.5. The Morgan fingerprint density at radius 3 is 1.98 bits per heavy atom. The first-order chi connectivity index (χ1) is 22.4. The maximum absolute atomic E-state index is 13.0. The number of carboxylic acid groups (broad SMARTS) is 1. The molecule has 1 saturated heterocycles. The zero-order valence-electron chi connectivity index (χ0n) is 27.0. The normalized spacial score (nSPS) is 17.0. The maximum atomic E-state index is 13.0. The van der Waals surface area contributed by atoms with Crippen molar-refractivity contribution in [3.63, 3.8) is 0 Å². The lowest BCUT2D eigenvalue weighted by molar-refractivity contribution is -0.151. The monoisotopic (exact) mass is 652 g/mol. The average molecular weight is 653 g/mol. The van der Waals surface area contributed by atoms with Gasteiger partial charge in [-0.2, -0.15) is 0 Å². The molecule has 1 fully saturated rings. The van der Waals surface area contributed by atoms with Crippen LogP contribution in [0.3, 0.4) is 0 Å². The van der Waals surface area contributed by atoms with E-state index in [0.29, 0.717) is 11.6 Å². The summed E-state index contributed by atoms with van der Waals surface area (Å²) < 4.78 is 5.20. The summed E-state index contributed by atoms with van der Waals surface area (Å²) in [6.45, 7) is 6.51. The smallest absolute Gasteiger partial charge is 0.325 e. The number of rotatable bonds is 17. The highest BCUT2D eigenvalue weighted by molar-refractivity contribution is 5.98. The quantitative estimate of drug-likeness (QED) is 0.0789. The van der Waals surface area contributed by atoms with E-state index in [4.69, 9.17) is 4.74 Å². The zero-order valence-corrected chi connectivity index (χ0v) is 27.0. The van der Waals surface area contributed by atoms with E-state index in [1.54, 1.807) is 0 Å². The number of carbonyl (C=O) groups is 6. The molecule has 14 heteroatoms. The van der Waals surface area contributed by atoms with Crippen LogP contribution in [0, 0.1) is 5.92 Å². The molecule has 5 atom stereocenters. The largest absolute Gasteiger partial charge is 0.480 e. The number of carboxylic acids is 1. The van der Waals surface area contributed by atoms with Crippen LogP contribution in [-0.4, -0.2) is 89.0 Å². The first kappa shape index (κ1) is 36.6. The summed E-state index contributed by atoms with van der Waals surface area (Å²) in [5, 5.41) is 20.9. The fourth-order valence-corrected chi connectivity index (χ4v) is 4.68. The molecule has 0 spiro atoms. The molecule has 6 N–H and O–H groups in total. The van der Waals surface area contributed by atoms with Gasteiger partial charge in [-0.1, -0.05) is 74.5 Å². The van der Waals surface area contributed by atoms with Gasteiger partial charge >= 0.3 is 5.97 Å². The molecule has 3 rings (SSSR count). The SMILES string of the molecule is CC(NC(=O)C(NCCCc1ccccc1)C(C)C)C(=O)NN(CC(=O)O)C(=O)[C@H]1O[C@@H]1C(=O)NC(C)C(=O)NCc1ccccc1. The minimum absolute atomic E-state index is 0.0974. The second kappa shape index (κ2) is 17.8. The predicted octanol–water partition coefficient (Wildman–Crippen LogP) is 0.271. The van der Waals surface area contributed by atoms with Crippen molar-refractivity contribution in [1.82, 2.24) is 31.7 Å². The van der Waals surface area contributed by atoms with Gasteiger partial charge in [0, 0.05) is 6.54 Å². The molecule has 0 bridgehead atoms. The first-order valence-electron chi connectivity index (χ1n) is 15.6. The molecular formula is C33H44N6O8. The summed E-state index contributed by atoms with van der Waals surface area (Å²) in [6.07, 6.45) is -1.02. The Balaban J connectivity index is 1.48. The summed E-state index contributed by atoms with van der Waals surface area (Å²) in [4.78, 5) is 75.5. The summed E-state index contributed by atoms with van der Waals surface area (Å²) in [7, 11) is 0. The molecule has 0 aliphatic carbocycles. The molecule has 5 amide bonds. The number of aliphatic carboxylic acids is 1. The molecule has 0 aromatic heterocycles. The number of carbonyl (C=O) groups excluding carboxylic acids is 5. The highest BCUT2D eigenvalue weighted by Gasteiger charge is 2.53. The number of nitrogens with zero attached hydrogens (tertiary/aromatic N) is 1. The van der Waals surface area contributed by atoms with Crippen molar-refractivity contribution >= 4 is 35.5 Å². The molecule has 0 saturated carbocycles. The third-order valence-electron chi connectivity index (χ3n) is 7.41. The fraction of sp³-hybridized carbons (Fsp3) is 0.455. The Hall–Kier alpha value is -4.82. The second-order valence-corrected chi connectivity index (χ2v) is 11.7. The van der Waals surface area contributed by atoms with Crippen LogP contribution in [0.15, 0.2) is 60.7 Å². The molecule has 2 aromatic rings. The van der Waals surface area contributed by atoms with Crippen LogP contribution >= 0.6 is 0 Å². The van der Waals surface area contributed by atoms with E-state index in [1.165, 1.54) is 19.4 Å². The van der Waals surface area contributed by atoms with Gasteiger partial charge in [0.15, 0.2) is 12.2 Å². The van der Waals surface area contributed by atoms with Crippen LogP contribution in [0.5, 0.6) is 0 Å². The molecule has 3 unspecified atom stereocenters. The average Bonchev–Trinajstić information content (AvgIpc) is 3.84. The number of aryl methyl sites for hydroxylation is 1. The van der Waals surface area contributed by atoms with Gasteiger partial charge in [0.25, 0.3) is 17.7 Å². The van der Waals surface area contributed by atoms with E-state index in [0.717, 1.165) is 18.4 Å². The van der Waals surface area contributed by atoms with Crippen LogP contribution in [0.2, 0.25) is 0 Å². The van der Waals surface area contributed by atoms with Gasteiger partial charge in [-0.15, -0.1) is 0 Å². The zero-order chi connectivity index (χ0) is 34.5. The fourth-order valence-electron chi connectivity index (χ4n) is 4.68. The first-order valence-corrected chi connectivity index (χ1v) is 15.6. The van der Waals surface area contributed by atoms with Crippen LogP contribution < -0.4 is 26.7 Å². The number of amides is 5. The Morgan fingerprint density at radius 1 is 0.787 bits per heavy atom. The number of hydrogen-bond acceptors (Lipinski definition) is 8. The number of nitrogens with one attached hydrogen (secondary N) is 5. The molecule has 254 valence electrons. The number of hydrogen-bond donors (Lipinski definition) is 6. The van der Waals surface area contributed by atoms with Crippen LogP contribution in [-0.2, 0) is 46.5 Å². The molecule has 1 aliphatic heterocycles. The van der Waals surface area contributed by atoms with Gasteiger partial charge in [0.05, 0.1) is 6.04 Å². The highest BCUT2D eigenvalue weighted by Crippen LogP contribution is 2.24. The van der Waals surface area contributed by atoms with Gasteiger partial charge in [0.2, 0.25) is 11.8 Å². The van der Waals surface area contributed by atoms with E-state index in [9.17, 15) is 33.9 Å². The van der Waals surface area contributed by atoms with Crippen molar-refractivity contribution in [3.05, 3.63) is 71.8 Å². The number of benzene rings is 2. The van der Waals surface area contributed by atoms with Crippen molar-refractivity contribution in [1.29, 1.82) is 0 Å². The molecule has 1 aliphatic rings. The van der Waals surface area contributed by atoms with Crippen molar-refractivity contribution in [3.8, 4) is 0 Å². The minimum atomic E-state index is -1.43. The third-order valence-corrected chi connectivity index (χ3v) is 7.41. The van der Waals surface area contributed by atoms with Gasteiger partial charge < -0.3 is 31.1 Å². The van der Waals surface area contributed by atoms with Crippen LogP contribution in [0.25, 0.3) is 0 Å². The summed E-state index contributed by atoms with van der Waals surface area (Å²) in [5.41, 5.74) is 4.27. The van der Waals surface area contributed by atoms with Crippen LogP contribution in [0.1, 0.15) is 45.2 Å². The van der Waals surface area contributed by atoms with Crippen molar-refractivity contribution in [2.75, 3.05) is 13.1 Å². The number of epoxide rings is 1. The van der Waals surface area contributed by atoms with E-state index in [2.05, 4.69) is 26.7 Å². The molecule has 1 heterocycles. The lowest BCUT2D eigenvalue weighted by atomic mass is 10.0. The number of ether oxygens (including phenoxy) is 1. The van der Waals surface area contributed by atoms with Crippen molar-refractivity contribution in [2.24, 2.45) is 5.92 Å². The molecule has 14 nitrogen and oxygen atoms in total. The van der Waals surface area contributed by atoms with E-state index >= 15 is 0 Å². The maximum Gasteiger partial charge on any atom is 0.325 e. The molecule has 47 heavy (non-hydrogen) atoms. The topological polar surface area (TPSA) is 199 Å². The Labute approximate surface area is 274 Å². The Kier molecular flexibility index (Phi) is 13.8. The number of hydrazine groups is 1. The van der Waals surface area contributed by atoms with Gasteiger partial charge in [-0.25, -0.2) is 5.01 Å². The summed E-state index contributed by atoms with van der Waals surface area (Å²) >= 11 is 0. The second-order valence-electron chi connectivity index (χ2n) is 11.7. The molecular weight excluding hydrogens is 608 g/mol. The molecule has 0 radical (unpaired) electrons. The van der Waals surface area contributed by atoms with E-state index in [1.807, 2.05) is 74.5 Å². The molecule has 2 aromatic carbocycles. The van der Waals surface area contributed by atoms with Crippen molar-refractivity contribution < 1.29 is 38.6 Å². The highest BCUT2D eigenvalue weighted by atomic mass is 16.6. The van der Waals surface area contributed by atoms with E-state index in [-0.39, 0.29) is 12.5 Å². The van der Waals surface area contributed by atoms with Gasteiger partial charge in [-0.05, 0) is 50.3 Å². The Bertz CT molecular complexity index is 1390. The minimum Gasteiger partial charge on any atom is -0.480 e. The summed E-state index contributed by atoms with van der Waals surface area (Å²) in [5.74, 6) is -4.97. The standard InChI is InChI=1S/C33H44N6O8/c1-20(2)26(34-17-11-16-23-12-7-5-8-13-23)31(44)36-22(4)30(43)38-39(19-25(40)41)33(46)28-27(47-28)32(45)37-21(3)29(42)35-18-24-14-9-6-10-15-24/h5-10,12-15,20-22,26-28,34H,11,16-19H2,1-4H3,(H,35,42)(H,36,44)(H,37,45)(H,38,43)(H,40,41)/t21?,22?,26?,27-,28-/m0/s1. The lowest BCUT2D eigenvalue weighted by Gasteiger charge is -2.26. The van der Waals surface area contributed by atoms with E-state index < -0.39 is 72.4 Å². The van der Waals surface area contributed by atoms with Crippen molar-refractivity contribution in [2.45, 2.75) is 77.4 Å². The van der Waals surface area contributed by atoms with Crippen LogP contribution in [0.4, 0.5) is 0 Å². The van der Waals surface area contributed by atoms with Gasteiger partial charge in [0.1, 0.15) is 18.6 Å².